The largest absolute Gasteiger partial charge is 0.497 e. The van der Waals surface area contributed by atoms with Crippen LogP contribution in [0.4, 0.5) is 0 Å². The zero-order valence-electron chi connectivity index (χ0n) is 13.4. The summed E-state index contributed by atoms with van der Waals surface area (Å²) in [4.78, 5) is 0. The summed E-state index contributed by atoms with van der Waals surface area (Å²) in [6.45, 7) is 0.539. The smallest absolute Gasteiger partial charge is 0.165 e. The maximum absolute atomic E-state index is 6.42. The van der Waals surface area contributed by atoms with E-state index >= 15 is 0 Å². The highest BCUT2D eigenvalue weighted by atomic mass is 16.7. The average Bonchev–Trinajstić information content (AvgIpc) is 2.93. The standard InChI is InChI=1S/C19H22O4/c1-20-15-6-4-5-14(11-15)19-13-21-16-12-17(19)7-2-3-8-18(17,23-16)9-10-22-19/h4-6,9-11,16H,2-3,7-8,12-13H2,1H3. The number of ether oxygens (including phenoxy) is 4. The highest BCUT2D eigenvalue weighted by Gasteiger charge is 2.74. The van der Waals surface area contributed by atoms with Gasteiger partial charge in [0.2, 0.25) is 0 Å². The van der Waals surface area contributed by atoms with E-state index in [2.05, 4.69) is 18.2 Å². The lowest BCUT2D eigenvalue weighted by molar-refractivity contribution is -0.211. The first kappa shape index (κ1) is 13.9. The Morgan fingerprint density at radius 3 is 3.04 bits per heavy atom. The number of benzene rings is 1. The van der Waals surface area contributed by atoms with Gasteiger partial charge in [-0.3, -0.25) is 0 Å². The second-order valence-electron chi connectivity index (χ2n) is 7.22. The van der Waals surface area contributed by atoms with Crippen LogP contribution in [-0.4, -0.2) is 25.6 Å². The Morgan fingerprint density at radius 1 is 1.22 bits per heavy atom. The molecule has 5 rings (SSSR count). The maximum atomic E-state index is 6.42. The molecule has 4 nitrogen and oxygen atoms in total. The molecule has 1 aromatic rings. The van der Waals surface area contributed by atoms with E-state index in [0.29, 0.717) is 6.61 Å². The first-order chi connectivity index (χ1) is 11.2. The molecule has 4 atom stereocenters. The van der Waals surface area contributed by atoms with Crippen LogP contribution in [0.1, 0.15) is 37.7 Å². The molecule has 0 aromatic heterocycles. The normalized spacial score (nSPS) is 43.6. The van der Waals surface area contributed by atoms with Crippen molar-refractivity contribution in [1.82, 2.24) is 0 Å². The van der Waals surface area contributed by atoms with Crippen LogP contribution in [0.2, 0.25) is 0 Å². The van der Waals surface area contributed by atoms with E-state index in [4.69, 9.17) is 18.9 Å². The van der Waals surface area contributed by atoms with Gasteiger partial charge < -0.3 is 18.9 Å². The number of methoxy groups -OCH3 is 1. The van der Waals surface area contributed by atoms with Gasteiger partial charge in [0.15, 0.2) is 11.9 Å². The van der Waals surface area contributed by atoms with Gasteiger partial charge in [0.1, 0.15) is 11.4 Å². The highest BCUT2D eigenvalue weighted by Crippen LogP contribution is 2.69. The van der Waals surface area contributed by atoms with Crippen molar-refractivity contribution in [2.45, 2.75) is 49.6 Å². The fourth-order valence-electron chi connectivity index (χ4n) is 5.41. The third-order valence-electron chi connectivity index (χ3n) is 6.46. The molecule has 0 radical (unpaired) electrons. The SMILES string of the molecule is COc1cccc(C23COC4CC25CCCCC5(C=CO3)O4)c1. The summed E-state index contributed by atoms with van der Waals surface area (Å²) in [5, 5.41) is 0. The summed E-state index contributed by atoms with van der Waals surface area (Å²) in [5.74, 6) is 0.855. The number of fused-ring (bicyclic) bond motifs is 1. The molecular weight excluding hydrogens is 292 g/mol. The van der Waals surface area contributed by atoms with Crippen LogP contribution in [0.15, 0.2) is 36.6 Å². The van der Waals surface area contributed by atoms with Crippen molar-refractivity contribution in [3.63, 3.8) is 0 Å². The van der Waals surface area contributed by atoms with Crippen LogP contribution >= 0.6 is 0 Å². The molecule has 2 saturated heterocycles. The molecule has 1 aliphatic carbocycles. The van der Waals surface area contributed by atoms with Gasteiger partial charge in [0.25, 0.3) is 0 Å². The Morgan fingerprint density at radius 2 is 2.13 bits per heavy atom. The first-order valence-corrected chi connectivity index (χ1v) is 8.53. The van der Waals surface area contributed by atoms with Crippen LogP contribution in [0.3, 0.4) is 0 Å². The summed E-state index contributed by atoms with van der Waals surface area (Å²) < 4.78 is 24.3. The Labute approximate surface area is 136 Å². The monoisotopic (exact) mass is 314 g/mol. The van der Waals surface area contributed by atoms with Gasteiger partial charge in [-0.15, -0.1) is 0 Å². The lowest BCUT2D eigenvalue weighted by atomic mass is 9.52. The van der Waals surface area contributed by atoms with E-state index in [-0.39, 0.29) is 17.3 Å². The molecule has 23 heavy (non-hydrogen) atoms. The van der Waals surface area contributed by atoms with Crippen LogP contribution in [0.5, 0.6) is 5.75 Å². The molecule has 4 aliphatic rings. The van der Waals surface area contributed by atoms with Crippen molar-refractivity contribution in [3.05, 3.63) is 42.2 Å². The number of rotatable bonds is 2. The predicted octanol–water partition coefficient (Wildman–Crippen LogP) is 3.51. The maximum Gasteiger partial charge on any atom is 0.165 e. The summed E-state index contributed by atoms with van der Waals surface area (Å²) in [5.41, 5.74) is 0.371. The molecule has 4 unspecified atom stereocenters. The molecule has 4 heteroatoms. The molecule has 3 fully saturated rings. The molecule has 3 heterocycles. The first-order valence-electron chi connectivity index (χ1n) is 8.53. The van der Waals surface area contributed by atoms with Gasteiger partial charge in [-0.05, 0) is 31.1 Å². The molecule has 1 spiro atoms. The second-order valence-corrected chi connectivity index (χ2v) is 7.22. The van der Waals surface area contributed by atoms with E-state index in [0.717, 1.165) is 30.6 Å². The third-order valence-corrected chi connectivity index (χ3v) is 6.46. The molecule has 3 aliphatic heterocycles. The fourth-order valence-corrected chi connectivity index (χ4v) is 5.41. The number of hydrogen-bond donors (Lipinski definition) is 0. The highest BCUT2D eigenvalue weighted by molar-refractivity contribution is 5.40. The van der Waals surface area contributed by atoms with Gasteiger partial charge in [-0.2, -0.15) is 0 Å². The van der Waals surface area contributed by atoms with Gasteiger partial charge in [-0.1, -0.05) is 25.0 Å². The summed E-state index contributed by atoms with van der Waals surface area (Å²) in [7, 11) is 1.70. The topological polar surface area (TPSA) is 36.9 Å². The van der Waals surface area contributed by atoms with Gasteiger partial charge in [0.05, 0.1) is 25.4 Å². The molecule has 1 saturated carbocycles. The van der Waals surface area contributed by atoms with Crippen molar-refractivity contribution in [2.75, 3.05) is 13.7 Å². The van der Waals surface area contributed by atoms with Crippen molar-refractivity contribution in [2.24, 2.45) is 5.41 Å². The Kier molecular flexibility index (Phi) is 2.73. The van der Waals surface area contributed by atoms with Crippen LogP contribution in [-0.2, 0) is 19.8 Å². The lowest BCUT2D eigenvalue weighted by Crippen LogP contribution is -2.63. The van der Waals surface area contributed by atoms with E-state index in [1.54, 1.807) is 7.11 Å². The molecule has 0 amide bonds. The van der Waals surface area contributed by atoms with Crippen LogP contribution < -0.4 is 4.74 Å². The van der Waals surface area contributed by atoms with Gasteiger partial charge in [0, 0.05) is 12.0 Å². The summed E-state index contributed by atoms with van der Waals surface area (Å²) in [6, 6.07) is 8.24. The minimum absolute atomic E-state index is 0.0394. The number of hydrogen-bond acceptors (Lipinski definition) is 4. The molecule has 122 valence electrons. The second kappa shape index (κ2) is 4.52. The van der Waals surface area contributed by atoms with Crippen molar-refractivity contribution < 1.29 is 18.9 Å². The zero-order chi connectivity index (χ0) is 15.5. The van der Waals surface area contributed by atoms with Gasteiger partial charge >= 0.3 is 0 Å². The third kappa shape index (κ3) is 1.54. The van der Waals surface area contributed by atoms with Crippen molar-refractivity contribution >= 4 is 0 Å². The summed E-state index contributed by atoms with van der Waals surface area (Å²) in [6.07, 6.45) is 9.41. The fraction of sp³-hybridized carbons (Fsp3) is 0.579. The Hall–Kier alpha value is -1.52. The quantitative estimate of drug-likeness (QED) is 0.837. The minimum Gasteiger partial charge on any atom is -0.497 e. The Balaban J connectivity index is 1.73. The minimum atomic E-state index is -0.482. The lowest BCUT2D eigenvalue weighted by Gasteiger charge is -2.58. The molecule has 0 N–H and O–H groups in total. The molecular formula is C19H22O4. The van der Waals surface area contributed by atoms with Crippen LogP contribution in [0, 0.1) is 5.41 Å². The van der Waals surface area contributed by atoms with Gasteiger partial charge in [-0.25, -0.2) is 0 Å². The Bertz CT molecular complexity index is 671. The van der Waals surface area contributed by atoms with E-state index in [1.165, 1.54) is 12.8 Å². The van der Waals surface area contributed by atoms with E-state index in [1.807, 2.05) is 18.4 Å². The van der Waals surface area contributed by atoms with Crippen molar-refractivity contribution in [1.29, 1.82) is 0 Å². The molecule has 2 bridgehead atoms. The van der Waals surface area contributed by atoms with Crippen LogP contribution in [0.25, 0.3) is 0 Å². The zero-order valence-corrected chi connectivity index (χ0v) is 13.4. The summed E-state index contributed by atoms with van der Waals surface area (Å²) >= 11 is 0. The molecule has 1 aromatic carbocycles. The average molecular weight is 314 g/mol. The van der Waals surface area contributed by atoms with Crippen molar-refractivity contribution in [3.8, 4) is 5.75 Å². The van der Waals surface area contributed by atoms with E-state index in [9.17, 15) is 0 Å². The van der Waals surface area contributed by atoms with E-state index < -0.39 is 5.60 Å². The predicted molar refractivity (Wildman–Crippen MR) is 84.0 cm³/mol.